The van der Waals surface area contributed by atoms with Crippen molar-refractivity contribution < 1.29 is 9.53 Å². The van der Waals surface area contributed by atoms with Crippen LogP contribution in [0.4, 0.5) is 11.4 Å². The number of carbonyl (C=O) groups excluding carboxylic acids is 1. The van der Waals surface area contributed by atoms with E-state index in [9.17, 15) is 4.79 Å². The molecule has 1 aliphatic heterocycles. The summed E-state index contributed by atoms with van der Waals surface area (Å²) in [6.45, 7) is 5.97. The lowest BCUT2D eigenvalue weighted by Gasteiger charge is -2.34. The molecular weight excluding hydrogens is 340 g/mol. The zero-order chi connectivity index (χ0) is 19.2. The molecule has 140 valence electrons. The minimum Gasteiger partial charge on any atom is -0.482 e. The molecule has 1 aliphatic rings. The van der Waals surface area contributed by atoms with Gasteiger partial charge in [0.2, 0.25) is 0 Å². The number of nitrogens with zero attached hydrogens (tertiary/aromatic N) is 3. The van der Waals surface area contributed by atoms with Gasteiger partial charge in [-0.25, -0.2) is 0 Å². The maximum Gasteiger partial charge on any atom is 0.262 e. The summed E-state index contributed by atoms with van der Waals surface area (Å²) >= 11 is 0. The lowest BCUT2D eigenvalue weighted by Crippen LogP contribution is -2.44. The van der Waals surface area contributed by atoms with Crippen LogP contribution < -0.4 is 15.0 Å². The number of anilines is 2. The zero-order valence-corrected chi connectivity index (χ0v) is 15.7. The van der Waals surface area contributed by atoms with Gasteiger partial charge in [0, 0.05) is 37.6 Å². The molecule has 0 unspecified atom stereocenters. The molecular formula is C21H24N4O2. The predicted molar refractivity (Wildman–Crippen MR) is 106 cm³/mol. The average Bonchev–Trinajstić information content (AvgIpc) is 2.69. The Balaban J connectivity index is 1.58. The summed E-state index contributed by atoms with van der Waals surface area (Å²) < 4.78 is 5.48. The number of benzene rings is 2. The second-order valence-electron chi connectivity index (χ2n) is 6.73. The van der Waals surface area contributed by atoms with Crippen molar-refractivity contribution in [3.63, 3.8) is 0 Å². The normalized spacial score (nSPS) is 14.5. The Morgan fingerprint density at radius 1 is 1.19 bits per heavy atom. The standard InChI is InChI=1S/C21H24N4O2/c1-16-13-18(25-11-9-24(2)10-12-25)7-8-19(16)23-21(26)15-27-20-6-4-3-5-17(20)14-22/h3-8,13H,9-12,15H2,1-2H3,(H,23,26). The van der Waals surface area contributed by atoms with Crippen LogP contribution in [-0.4, -0.2) is 50.6 Å². The van der Waals surface area contributed by atoms with E-state index in [1.807, 2.05) is 19.1 Å². The van der Waals surface area contributed by atoms with Crippen LogP contribution in [0.25, 0.3) is 0 Å². The first kappa shape index (κ1) is 18.7. The predicted octanol–water partition coefficient (Wildman–Crippen LogP) is 2.64. The first-order valence-electron chi connectivity index (χ1n) is 9.03. The molecule has 0 aromatic heterocycles. The number of amides is 1. The highest BCUT2D eigenvalue weighted by atomic mass is 16.5. The molecule has 3 rings (SSSR count). The number of piperazine rings is 1. The fraction of sp³-hybridized carbons (Fsp3) is 0.333. The fourth-order valence-corrected chi connectivity index (χ4v) is 3.06. The van der Waals surface area contributed by atoms with E-state index in [2.05, 4.69) is 34.3 Å². The summed E-state index contributed by atoms with van der Waals surface area (Å²) in [5, 5.41) is 11.9. The summed E-state index contributed by atoms with van der Waals surface area (Å²) in [6, 6.07) is 15.0. The van der Waals surface area contributed by atoms with E-state index in [4.69, 9.17) is 10.00 Å². The zero-order valence-electron chi connectivity index (χ0n) is 15.7. The molecule has 1 amide bonds. The van der Waals surface area contributed by atoms with Crippen LogP contribution in [0.3, 0.4) is 0 Å². The highest BCUT2D eigenvalue weighted by Crippen LogP contribution is 2.24. The van der Waals surface area contributed by atoms with Crippen molar-refractivity contribution in [1.82, 2.24) is 4.90 Å². The Morgan fingerprint density at radius 3 is 2.63 bits per heavy atom. The SMILES string of the molecule is Cc1cc(N2CCN(C)CC2)ccc1NC(=O)COc1ccccc1C#N. The Kier molecular flexibility index (Phi) is 5.94. The lowest BCUT2D eigenvalue weighted by atomic mass is 10.1. The van der Waals surface area contributed by atoms with Crippen molar-refractivity contribution >= 4 is 17.3 Å². The fourth-order valence-electron chi connectivity index (χ4n) is 3.06. The van der Waals surface area contributed by atoms with Gasteiger partial charge in [0.15, 0.2) is 6.61 Å². The van der Waals surface area contributed by atoms with Crippen molar-refractivity contribution in [3.8, 4) is 11.8 Å². The molecule has 2 aromatic rings. The Bertz CT molecular complexity index is 852. The summed E-state index contributed by atoms with van der Waals surface area (Å²) in [5.74, 6) is 0.162. The molecule has 1 saturated heterocycles. The van der Waals surface area contributed by atoms with E-state index >= 15 is 0 Å². The highest BCUT2D eigenvalue weighted by Gasteiger charge is 2.15. The van der Waals surface area contributed by atoms with Crippen molar-refractivity contribution in [2.45, 2.75) is 6.92 Å². The van der Waals surface area contributed by atoms with Gasteiger partial charge in [-0.2, -0.15) is 5.26 Å². The Morgan fingerprint density at radius 2 is 1.93 bits per heavy atom. The third-order valence-corrected chi connectivity index (χ3v) is 4.72. The second kappa shape index (κ2) is 8.56. The van der Waals surface area contributed by atoms with Gasteiger partial charge in [0.25, 0.3) is 5.91 Å². The van der Waals surface area contributed by atoms with Gasteiger partial charge in [0.05, 0.1) is 5.56 Å². The van der Waals surface area contributed by atoms with Crippen LogP contribution in [-0.2, 0) is 4.79 Å². The maximum absolute atomic E-state index is 12.2. The monoisotopic (exact) mass is 364 g/mol. The largest absolute Gasteiger partial charge is 0.482 e. The van der Waals surface area contributed by atoms with E-state index in [0.29, 0.717) is 11.3 Å². The molecule has 0 saturated carbocycles. The van der Waals surface area contributed by atoms with Crippen molar-refractivity contribution in [2.75, 3.05) is 50.1 Å². The van der Waals surface area contributed by atoms with E-state index in [-0.39, 0.29) is 12.5 Å². The molecule has 1 fully saturated rings. The molecule has 0 spiro atoms. The summed E-state index contributed by atoms with van der Waals surface area (Å²) in [4.78, 5) is 16.9. The third-order valence-electron chi connectivity index (χ3n) is 4.72. The topological polar surface area (TPSA) is 68.6 Å². The van der Waals surface area contributed by atoms with Crippen LogP contribution in [0.15, 0.2) is 42.5 Å². The number of nitrogens with one attached hydrogen (secondary N) is 1. The molecule has 0 radical (unpaired) electrons. The van der Waals surface area contributed by atoms with E-state index in [0.717, 1.165) is 37.4 Å². The van der Waals surface area contributed by atoms with Crippen LogP contribution >= 0.6 is 0 Å². The van der Waals surface area contributed by atoms with Gasteiger partial charge in [-0.15, -0.1) is 0 Å². The number of aryl methyl sites for hydroxylation is 1. The molecule has 0 aliphatic carbocycles. The molecule has 0 bridgehead atoms. The maximum atomic E-state index is 12.2. The third kappa shape index (κ3) is 4.78. The van der Waals surface area contributed by atoms with Gasteiger partial charge in [-0.3, -0.25) is 4.79 Å². The summed E-state index contributed by atoms with van der Waals surface area (Å²) in [7, 11) is 2.14. The Hall–Kier alpha value is -3.04. The van der Waals surface area contributed by atoms with Gasteiger partial charge >= 0.3 is 0 Å². The molecule has 2 aromatic carbocycles. The smallest absolute Gasteiger partial charge is 0.262 e. The first-order chi connectivity index (χ1) is 13.1. The number of hydrogen-bond acceptors (Lipinski definition) is 5. The highest BCUT2D eigenvalue weighted by molar-refractivity contribution is 5.92. The van der Waals surface area contributed by atoms with Gasteiger partial charge in [0.1, 0.15) is 11.8 Å². The van der Waals surface area contributed by atoms with Crippen LogP contribution in [0.5, 0.6) is 5.75 Å². The minimum atomic E-state index is -0.252. The Labute approximate surface area is 160 Å². The van der Waals surface area contributed by atoms with Gasteiger partial charge < -0.3 is 19.9 Å². The average molecular weight is 364 g/mol. The molecule has 1 N–H and O–H groups in total. The van der Waals surface area contributed by atoms with Crippen LogP contribution in [0.1, 0.15) is 11.1 Å². The van der Waals surface area contributed by atoms with E-state index < -0.39 is 0 Å². The second-order valence-corrected chi connectivity index (χ2v) is 6.73. The first-order valence-corrected chi connectivity index (χ1v) is 9.03. The van der Waals surface area contributed by atoms with Gasteiger partial charge in [-0.05, 0) is 49.9 Å². The summed E-state index contributed by atoms with van der Waals surface area (Å²) in [5.41, 5.74) is 3.38. The molecule has 1 heterocycles. The van der Waals surface area contributed by atoms with Gasteiger partial charge in [-0.1, -0.05) is 12.1 Å². The number of nitriles is 1. The molecule has 6 nitrogen and oxygen atoms in total. The molecule has 6 heteroatoms. The quantitative estimate of drug-likeness (QED) is 0.883. The molecule has 0 atom stereocenters. The van der Waals surface area contributed by atoms with E-state index in [1.54, 1.807) is 24.3 Å². The van der Waals surface area contributed by atoms with Crippen molar-refractivity contribution in [3.05, 3.63) is 53.6 Å². The van der Waals surface area contributed by atoms with E-state index in [1.165, 1.54) is 5.69 Å². The number of rotatable bonds is 5. The number of carbonyl (C=O) groups is 1. The lowest BCUT2D eigenvalue weighted by molar-refractivity contribution is -0.118. The number of ether oxygens (including phenoxy) is 1. The minimum absolute atomic E-state index is 0.141. The van der Waals surface area contributed by atoms with Crippen molar-refractivity contribution in [1.29, 1.82) is 5.26 Å². The molecule has 27 heavy (non-hydrogen) atoms. The number of para-hydroxylation sites is 1. The number of hydrogen-bond donors (Lipinski definition) is 1. The number of likely N-dealkylation sites (N-methyl/N-ethyl adjacent to an activating group) is 1. The van der Waals surface area contributed by atoms with Crippen LogP contribution in [0, 0.1) is 18.3 Å². The van der Waals surface area contributed by atoms with Crippen molar-refractivity contribution in [2.24, 2.45) is 0 Å². The van der Waals surface area contributed by atoms with Crippen LogP contribution in [0.2, 0.25) is 0 Å². The summed E-state index contributed by atoms with van der Waals surface area (Å²) in [6.07, 6.45) is 0.